The first kappa shape index (κ1) is 15.9. The summed E-state index contributed by atoms with van der Waals surface area (Å²) in [6.07, 6.45) is 1.73. The fraction of sp³-hybridized carbons (Fsp3) is 0.353. The van der Waals surface area contributed by atoms with E-state index < -0.39 is 0 Å². The number of hydrogen-bond donors (Lipinski definition) is 2. The number of aromatic amines is 1. The van der Waals surface area contributed by atoms with E-state index in [1.807, 2.05) is 18.2 Å². The number of H-pyrrole nitrogens is 1. The molecule has 0 aliphatic carbocycles. The molecule has 5 nitrogen and oxygen atoms in total. The van der Waals surface area contributed by atoms with Crippen LogP contribution in [-0.4, -0.2) is 31.7 Å². The first-order chi connectivity index (χ1) is 10.5. The summed E-state index contributed by atoms with van der Waals surface area (Å²) in [5, 5.41) is 2.95. The van der Waals surface area contributed by atoms with E-state index in [2.05, 4.69) is 24.1 Å². The Kier molecular flexibility index (Phi) is 4.75. The Labute approximate surface area is 130 Å². The summed E-state index contributed by atoms with van der Waals surface area (Å²) in [5.41, 5.74) is 1.39. The molecular weight excluding hydrogens is 280 g/mol. The molecule has 1 aromatic carbocycles. The molecule has 2 N–H and O–H groups in total. The number of nitrogens with one attached hydrogen (secondary N) is 2. The molecule has 0 saturated carbocycles. The van der Waals surface area contributed by atoms with Gasteiger partial charge in [-0.15, -0.1) is 0 Å². The second-order valence-corrected chi connectivity index (χ2v) is 5.72. The fourth-order valence-corrected chi connectivity index (χ4v) is 2.23. The summed E-state index contributed by atoms with van der Waals surface area (Å²) in [7, 11) is 3.22. The molecule has 22 heavy (non-hydrogen) atoms. The smallest absolute Gasteiger partial charge is 0.267 e. The van der Waals surface area contributed by atoms with Crippen molar-refractivity contribution in [3.63, 3.8) is 0 Å². The van der Waals surface area contributed by atoms with Gasteiger partial charge in [0.2, 0.25) is 0 Å². The number of carbonyl (C=O) groups is 1. The molecule has 118 valence electrons. The number of aromatic nitrogens is 1. The maximum Gasteiger partial charge on any atom is 0.267 e. The van der Waals surface area contributed by atoms with Crippen molar-refractivity contribution < 1.29 is 14.3 Å². The molecule has 0 atom stereocenters. The van der Waals surface area contributed by atoms with Crippen molar-refractivity contribution in [2.24, 2.45) is 0 Å². The van der Waals surface area contributed by atoms with Crippen molar-refractivity contribution in [3.8, 4) is 11.5 Å². The minimum absolute atomic E-state index is 0.112. The van der Waals surface area contributed by atoms with Crippen molar-refractivity contribution >= 4 is 5.91 Å². The minimum Gasteiger partial charge on any atom is -0.493 e. The van der Waals surface area contributed by atoms with Gasteiger partial charge in [-0.25, -0.2) is 0 Å². The average molecular weight is 302 g/mol. The number of rotatable bonds is 6. The van der Waals surface area contributed by atoms with Gasteiger partial charge in [0.25, 0.3) is 5.91 Å². The van der Waals surface area contributed by atoms with Gasteiger partial charge in [-0.05, 0) is 29.8 Å². The van der Waals surface area contributed by atoms with Crippen LogP contribution in [0.3, 0.4) is 0 Å². The van der Waals surface area contributed by atoms with E-state index in [0.29, 0.717) is 23.7 Å². The highest BCUT2D eigenvalue weighted by Crippen LogP contribution is 2.32. The molecule has 0 spiro atoms. The topological polar surface area (TPSA) is 63.3 Å². The third kappa shape index (κ3) is 3.42. The number of carbonyl (C=O) groups excluding carboxylic acids is 1. The largest absolute Gasteiger partial charge is 0.493 e. The van der Waals surface area contributed by atoms with Gasteiger partial charge < -0.3 is 19.8 Å². The molecule has 0 aliphatic rings. The quantitative estimate of drug-likeness (QED) is 0.862. The molecule has 0 aliphatic heterocycles. The molecule has 1 heterocycles. The summed E-state index contributed by atoms with van der Waals surface area (Å²) < 4.78 is 10.6. The number of amides is 1. The lowest BCUT2D eigenvalue weighted by Crippen LogP contribution is -2.36. The van der Waals surface area contributed by atoms with Gasteiger partial charge in [0.15, 0.2) is 11.5 Å². The molecule has 1 amide bonds. The van der Waals surface area contributed by atoms with Crippen LogP contribution in [0.2, 0.25) is 0 Å². The van der Waals surface area contributed by atoms with Crippen molar-refractivity contribution in [1.29, 1.82) is 0 Å². The maximum absolute atomic E-state index is 12.0. The predicted octanol–water partition coefficient (Wildman–Crippen LogP) is 2.74. The highest BCUT2D eigenvalue weighted by atomic mass is 16.5. The van der Waals surface area contributed by atoms with E-state index in [4.69, 9.17) is 9.47 Å². The Bertz CT molecular complexity index is 633. The van der Waals surface area contributed by atoms with E-state index >= 15 is 0 Å². The summed E-state index contributed by atoms with van der Waals surface area (Å²) in [6.45, 7) is 4.66. The molecule has 2 rings (SSSR count). The van der Waals surface area contributed by atoms with E-state index in [0.717, 1.165) is 5.56 Å². The summed E-state index contributed by atoms with van der Waals surface area (Å²) in [4.78, 5) is 14.9. The van der Waals surface area contributed by atoms with E-state index in [1.54, 1.807) is 32.5 Å². The molecule has 1 aromatic heterocycles. The number of hydrogen-bond acceptors (Lipinski definition) is 3. The Balaban J connectivity index is 2.11. The summed E-state index contributed by atoms with van der Waals surface area (Å²) >= 11 is 0. The van der Waals surface area contributed by atoms with Crippen LogP contribution >= 0.6 is 0 Å². The van der Waals surface area contributed by atoms with Gasteiger partial charge in [0, 0.05) is 18.2 Å². The molecule has 2 aromatic rings. The third-order valence-corrected chi connectivity index (χ3v) is 3.70. The van der Waals surface area contributed by atoms with Gasteiger partial charge >= 0.3 is 0 Å². The number of benzene rings is 1. The Morgan fingerprint density at radius 3 is 2.50 bits per heavy atom. The van der Waals surface area contributed by atoms with Gasteiger partial charge in [-0.1, -0.05) is 19.9 Å². The van der Waals surface area contributed by atoms with Crippen molar-refractivity contribution in [2.75, 3.05) is 20.8 Å². The molecule has 0 radical (unpaired) electrons. The standard InChI is InChI=1S/C17H22N2O3/c1-17(2,11-19-16(20)13-6-5-9-18-13)12-7-8-14(21-3)15(10-12)22-4/h5-10,18H,11H2,1-4H3,(H,19,20). The van der Waals surface area contributed by atoms with Crippen LogP contribution in [-0.2, 0) is 5.41 Å². The van der Waals surface area contributed by atoms with Crippen LogP contribution in [0.15, 0.2) is 36.5 Å². The predicted molar refractivity (Wildman–Crippen MR) is 85.7 cm³/mol. The molecule has 0 fully saturated rings. The van der Waals surface area contributed by atoms with Crippen LogP contribution in [0.1, 0.15) is 29.9 Å². The van der Waals surface area contributed by atoms with E-state index in [-0.39, 0.29) is 11.3 Å². The van der Waals surface area contributed by atoms with Crippen molar-refractivity contribution in [2.45, 2.75) is 19.3 Å². The van der Waals surface area contributed by atoms with E-state index in [1.165, 1.54) is 0 Å². The van der Waals surface area contributed by atoms with Gasteiger partial charge in [0.1, 0.15) is 5.69 Å². The second kappa shape index (κ2) is 6.56. The highest BCUT2D eigenvalue weighted by Gasteiger charge is 2.23. The zero-order valence-electron chi connectivity index (χ0n) is 13.4. The molecule has 0 unspecified atom stereocenters. The van der Waals surface area contributed by atoms with Crippen molar-refractivity contribution in [3.05, 3.63) is 47.8 Å². The Morgan fingerprint density at radius 1 is 1.18 bits per heavy atom. The van der Waals surface area contributed by atoms with Crippen LogP contribution in [0, 0.1) is 0 Å². The van der Waals surface area contributed by atoms with Crippen LogP contribution in [0.25, 0.3) is 0 Å². The molecular formula is C17H22N2O3. The fourth-order valence-electron chi connectivity index (χ4n) is 2.23. The SMILES string of the molecule is COc1ccc(C(C)(C)CNC(=O)c2ccc[nH]2)cc1OC. The maximum atomic E-state index is 12.0. The van der Waals surface area contributed by atoms with Crippen LogP contribution in [0.5, 0.6) is 11.5 Å². The monoisotopic (exact) mass is 302 g/mol. The summed E-state index contributed by atoms with van der Waals surface area (Å²) in [6, 6.07) is 9.36. The zero-order chi connectivity index (χ0) is 16.2. The molecule has 0 bridgehead atoms. The Morgan fingerprint density at radius 2 is 1.91 bits per heavy atom. The summed E-state index contributed by atoms with van der Waals surface area (Å²) in [5.74, 6) is 1.26. The lowest BCUT2D eigenvalue weighted by Gasteiger charge is -2.26. The number of ether oxygens (including phenoxy) is 2. The average Bonchev–Trinajstić information content (AvgIpc) is 3.06. The number of methoxy groups -OCH3 is 2. The first-order valence-corrected chi connectivity index (χ1v) is 7.12. The minimum atomic E-state index is -0.234. The first-order valence-electron chi connectivity index (χ1n) is 7.12. The van der Waals surface area contributed by atoms with Crippen LogP contribution < -0.4 is 14.8 Å². The van der Waals surface area contributed by atoms with Gasteiger partial charge in [-0.2, -0.15) is 0 Å². The Hall–Kier alpha value is -2.43. The van der Waals surface area contributed by atoms with Crippen LogP contribution in [0.4, 0.5) is 0 Å². The second-order valence-electron chi connectivity index (χ2n) is 5.72. The molecule has 0 saturated heterocycles. The van der Waals surface area contributed by atoms with Gasteiger partial charge in [0.05, 0.1) is 14.2 Å². The third-order valence-electron chi connectivity index (χ3n) is 3.70. The lowest BCUT2D eigenvalue weighted by atomic mass is 9.84. The highest BCUT2D eigenvalue weighted by molar-refractivity contribution is 5.92. The van der Waals surface area contributed by atoms with Crippen molar-refractivity contribution in [1.82, 2.24) is 10.3 Å². The van der Waals surface area contributed by atoms with Gasteiger partial charge in [-0.3, -0.25) is 4.79 Å². The molecule has 5 heteroatoms. The van der Waals surface area contributed by atoms with E-state index in [9.17, 15) is 4.79 Å². The lowest BCUT2D eigenvalue weighted by molar-refractivity contribution is 0.0941. The normalized spacial score (nSPS) is 11.1. The zero-order valence-corrected chi connectivity index (χ0v) is 13.4.